The van der Waals surface area contributed by atoms with Crippen molar-refractivity contribution in [3.05, 3.63) is 189 Å². The van der Waals surface area contributed by atoms with E-state index in [1.165, 1.54) is 87.3 Å². The molecule has 1 fully saturated rings. The first-order chi connectivity index (χ1) is 26.0. The van der Waals surface area contributed by atoms with Gasteiger partial charge in [-0.15, -0.1) is 0 Å². The number of fused-ring (bicyclic) bond motifs is 8. The van der Waals surface area contributed by atoms with Crippen LogP contribution in [0.15, 0.2) is 156 Å². The van der Waals surface area contributed by atoms with E-state index in [1.54, 1.807) is 27.8 Å². The van der Waals surface area contributed by atoms with Gasteiger partial charge in [0, 0.05) is 23.0 Å². The van der Waals surface area contributed by atoms with Crippen LogP contribution in [0.25, 0.3) is 16.7 Å². The Balaban J connectivity index is 0.970. The molecule has 7 aliphatic rings. The third-order valence-electron chi connectivity index (χ3n) is 14.7. The molecule has 258 valence electrons. The monoisotopic (exact) mass is 683 g/mol. The predicted molar refractivity (Wildman–Crippen MR) is 219 cm³/mol. The van der Waals surface area contributed by atoms with Crippen molar-refractivity contribution in [3.63, 3.8) is 0 Å². The van der Waals surface area contributed by atoms with E-state index in [9.17, 15) is 0 Å². The van der Waals surface area contributed by atoms with E-state index >= 15 is 0 Å². The molecule has 5 aromatic carbocycles. The smallest absolute Gasteiger partial charge is 0.0694 e. The van der Waals surface area contributed by atoms with Crippen LogP contribution in [0.5, 0.6) is 0 Å². The number of allylic oxidation sites excluding steroid dienone is 8. The fourth-order valence-corrected chi connectivity index (χ4v) is 12.6. The fourth-order valence-electron chi connectivity index (χ4n) is 12.6. The number of para-hydroxylation sites is 1. The zero-order chi connectivity index (χ0) is 35.1. The van der Waals surface area contributed by atoms with Gasteiger partial charge in [0.25, 0.3) is 0 Å². The fraction of sp³-hybridized carbons (Fsp3) is 0.269. The lowest BCUT2D eigenvalue weighted by molar-refractivity contribution is 0.233. The Morgan fingerprint density at radius 3 is 2.30 bits per heavy atom. The van der Waals surface area contributed by atoms with Crippen LogP contribution >= 0.6 is 0 Å². The van der Waals surface area contributed by atoms with E-state index in [-0.39, 0.29) is 10.8 Å². The van der Waals surface area contributed by atoms with Gasteiger partial charge in [-0.05, 0) is 164 Å². The first-order valence-corrected chi connectivity index (χ1v) is 20.2. The Hall–Kier alpha value is -5.14. The third kappa shape index (κ3) is 3.83. The summed E-state index contributed by atoms with van der Waals surface area (Å²) in [4.78, 5) is 2.47. The second-order valence-corrected chi connectivity index (χ2v) is 17.3. The molecule has 0 aliphatic heterocycles. The van der Waals surface area contributed by atoms with Crippen LogP contribution in [-0.4, -0.2) is 0 Å². The highest BCUT2D eigenvalue weighted by molar-refractivity contribution is 5.98. The van der Waals surface area contributed by atoms with E-state index in [1.807, 2.05) is 0 Å². The number of hydrogen-bond acceptors (Lipinski definition) is 1. The Morgan fingerprint density at radius 2 is 1.42 bits per heavy atom. The van der Waals surface area contributed by atoms with Crippen LogP contribution in [0, 0.1) is 5.92 Å². The second-order valence-electron chi connectivity index (χ2n) is 17.3. The highest BCUT2D eigenvalue weighted by atomic mass is 15.1. The van der Waals surface area contributed by atoms with Crippen LogP contribution in [0.1, 0.15) is 104 Å². The van der Waals surface area contributed by atoms with Gasteiger partial charge < -0.3 is 4.90 Å². The summed E-state index contributed by atoms with van der Waals surface area (Å²) in [6.07, 6.45) is 16.3. The summed E-state index contributed by atoms with van der Waals surface area (Å²) in [5.41, 5.74) is 23.4. The molecule has 1 nitrogen and oxygen atoms in total. The van der Waals surface area contributed by atoms with Gasteiger partial charge in [0.15, 0.2) is 0 Å². The first-order valence-electron chi connectivity index (χ1n) is 20.2. The van der Waals surface area contributed by atoms with Gasteiger partial charge in [-0.3, -0.25) is 0 Å². The maximum atomic E-state index is 2.58. The lowest BCUT2D eigenvalue weighted by atomic mass is 9.70. The van der Waals surface area contributed by atoms with Crippen LogP contribution in [0.3, 0.4) is 0 Å². The van der Waals surface area contributed by atoms with Gasteiger partial charge in [0.05, 0.1) is 5.41 Å². The number of hydrogen-bond donors (Lipinski definition) is 0. The Morgan fingerprint density at radius 1 is 0.660 bits per heavy atom. The topological polar surface area (TPSA) is 3.24 Å². The average molecular weight is 684 g/mol. The molecular weight excluding hydrogens is 639 g/mol. The summed E-state index contributed by atoms with van der Waals surface area (Å²) in [5, 5.41) is 0. The molecule has 53 heavy (non-hydrogen) atoms. The molecule has 0 aromatic heterocycles. The predicted octanol–water partition coefficient (Wildman–Crippen LogP) is 13.5. The maximum absolute atomic E-state index is 2.58. The minimum absolute atomic E-state index is 0.142. The molecule has 4 atom stereocenters. The van der Waals surface area contributed by atoms with Crippen molar-refractivity contribution in [2.45, 2.75) is 81.5 Å². The molecular formula is C52H45N. The van der Waals surface area contributed by atoms with Crippen molar-refractivity contribution in [1.82, 2.24) is 0 Å². The lowest BCUT2D eigenvalue weighted by Crippen LogP contribution is -2.28. The molecule has 7 aliphatic carbocycles. The van der Waals surface area contributed by atoms with Crippen molar-refractivity contribution >= 4 is 22.6 Å². The highest BCUT2D eigenvalue weighted by Crippen LogP contribution is 2.72. The summed E-state index contributed by atoms with van der Waals surface area (Å²) in [5.74, 6) is 1.92. The summed E-state index contributed by atoms with van der Waals surface area (Å²) in [6, 6.07) is 44.6. The molecule has 0 heterocycles. The maximum Gasteiger partial charge on any atom is 0.0694 e. The minimum atomic E-state index is -0.142. The molecule has 0 N–H and O–H groups in total. The second kappa shape index (κ2) is 10.7. The standard InChI is InChI=1S/C52H45N/c1-51(2)45-20-8-6-14-37(45)39-29-27-36(31-47(39)51)53(34-12-4-3-5-13-34)35-25-22-32(23-26-35)33-24-28-40-42-17-11-19-44-43-18-10-16-41-38-15-7-9-21-46(38)52(49(41)43,50(42)44)48(40)30-33/h3-5,7,9,11-13,15,18-19,21-31,37,42,45H,6,8,10,14,16-17,20H2,1-2H3. The van der Waals surface area contributed by atoms with Crippen molar-refractivity contribution in [2.24, 2.45) is 5.92 Å². The molecule has 4 unspecified atom stereocenters. The highest BCUT2D eigenvalue weighted by Gasteiger charge is 2.61. The van der Waals surface area contributed by atoms with Gasteiger partial charge in [-0.1, -0.05) is 118 Å². The van der Waals surface area contributed by atoms with Crippen molar-refractivity contribution in [2.75, 3.05) is 4.90 Å². The molecule has 5 aromatic rings. The quantitative estimate of drug-likeness (QED) is 0.182. The molecule has 0 bridgehead atoms. The first kappa shape index (κ1) is 30.3. The van der Waals surface area contributed by atoms with Crippen molar-refractivity contribution in [3.8, 4) is 11.1 Å². The summed E-state index contributed by atoms with van der Waals surface area (Å²) in [7, 11) is 0. The summed E-state index contributed by atoms with van der Waals surface area (Å²) >= 11 is 0. The number of nitrogens with zero attached hydrogens (tertiary/aromatic N) is 1. The van der Waals surface area contributed by atoms with Crippen LogP contribution in [-0.2, 0) is 10.8 Å². The Kier molecular flexibility index (Phi) is 6.14. The van der Waals surface area contributed by atoms with E-state index in [0.717, 1.165) is 25.2 Å². The van der Waals surface area contributed by atoms with E-state index in [2.05, 4.69) is 152 Å². The van der Waals surface area contributed by atoms with Gasteiger partial charge in [-0.25, -0.2) is 0 Å². The lowest BCUT2D eigenvalue weighted by Gasteiger charge is -2.35. The third-order valence-corrected chi connectivity index (χ3v) is 14.7. The largest absolute Gasteiger partial charge is 0.310 e. The van der Waals surface area contributed by atoms with Crippen LogP contribution in [0.4, 0.5) is 17.1 Å². The number of rotatable bonds is 4. The van der Waals surface area contributed by atoms with Gasteiger partial charge >= 0.3 is 0 Å². The average Bonchev–Trinajstić information content (AvgIpc) is 3.87. The minimum Gasteiger partial charge on any atom is -0.310 e. The van der Waals surface area contributed by atoms with Gasteiger partial charge in [-0.2, -0.15) is 0 Å². The molecule has 1 saturated carbocycles. The van der Waals surface area contributed by atoms with Gasteiger partial charge in [0.1, 0.15) is 0 Å². The zero-order valence-electron chi connectivity index (χ0n) is 30.8. The Labute approximate surface area is 314 Å². The van der Waals surface area contributed by atoms with Crippen molar-refractivity contribution in [1.29, 1.82) is 0 Å². The number of anilines is 3. The molecule has 1 heteroatoms. The SMILES string of the molecule is CC1(C)c2cc(N(c3ccccc3)c3ccc(-c4ccc5c(c4)C46C7=C(CCC=C7C7=C4C5CC=C7)c4ccccc46)cc3)ccc2C2CCCCC21. The molecule has 1 spiro atoms. The summed E-state index contributed by atoms with van der Waals surface area (Å²) < 4.78 is 0. The number of benzene rings is 5. The van der Waals surface area contributed by atoms with Gasteiger partial charge in [0.2, 0.25) is 0 Å². The zero-order valence-corrected chi connectivity index (χ0v) is 30.8. The molecule has 0 saturated heterocycles. The normalized spacial score (nSPS) is 26.1. The molecule has 0 radical (unpaired) electrons. The van der Waals surface area contributed by atoms with E-state index in [4.69, 9.17) is 0 Å². The summed E-state index contributed by atoms with van der Waals surface area (Å²) in [6.45, 7) is 5.01. The van der Waals surface area contributed by atoms with E-state index in [0.29, 0.717) is 11.8 Å². The molecule has 0 amide bonds. The molecule has 12 rings (SSSR count). The Bertz CT molecular complexity index is 2520. The van der Waals surface area contributed by atoms with Crippen molar-refractivity contribution < 1.29 is 0 Å². The van der Waals surface area contributed by atoms with Crippen LogP contribution < -0.4 is 4.90 Å². The van der Waals surface area contributed by atoms with E-state index < -0.39 is 0 Å². The van der Waals surface area contributed by atoms with Crippen LogP contribution in [0.2, 0.25) is 0 Å².